The Bertz CT molecular complexity index is 1270. The number of amides is 2. The van der Waals surface area contributed by atoms with Crippen molar-refractivity contribution in [3.8, 4) is 0 Å². The zero-order valence-electron chi connectivity index (χ0n) is 19.9. The van der Waals surface area contributed by atoms with Crippen molar-refractivity contribution < 1.29 is 22.8 Å². The third-order valence-corrected chi connectivity index (χ3v) is 7.29. The maximum atomic E-state index is 13.0. The van der Waals surface area contributed by atoms with Gasteiger partial charge >= 0.3 is 6.18 Å². The molecule has 0 atom stereocenters. The van der Waals surface area contributed by atoms with Gasteiger partial charge in [0.15, 0.2) is 0 Å². The molecule has 3 aromatic rings. The summed E-state index contributed by atoms with van der Waals surface area (Å²) < 4.78 is 40.5. The highest BCUT2D eigenvalue weighted by Crippen LogP contribution is 2.36. The Kier molecular flexibility index (Phi) is 8.29. The van der Waals surface area contributed by atoms with E-state index < -0.39 is 11.7 Å². The van der Waals surface area contributed by atoms with Crippen LogP contribution in [0.4, 0.5) is 24.5 Å². The number of aromatic nitrogens is 1. The molecule has 6 nitrogen and oxygen atoms in total. The second-order valence-corrected chi connectivity index (χ2v) is 9.97. The lowest BCUT2D eigenvalue weighted by Crippen LogP contribution is -2.34. The highest BCUT2D eigenvalue weighted by Gasteiger charge is 2.30. The molecule has 0 unspecified atom stereocenters. The smallest absolute Gasteiger partial charge is 0.349 e. The fourth-order valence-corrected chi connectivity index (χ4v) is 5.00. The van der Waals surface area contributed by atoms with E-state index in [1.54, 1.807) is 45.7 Å². The van der Waals surface area contributed by atoms with Gasteiger partial charge in [0.05, 0.1) is 35.4 Å². The van der Waals surface area contributed by atoms with Crippen LogP contribution in [0.3, 0.4) is 0 Å². The number of pyridine rings is 1. The van der Waals surface area contributed by atoms with Crippen molar-refractivity contribution in [2.75, 3.05) is 22.3 Å². The van der Waals surface area contributed by atoms with Crippen molar-refractivity contribution in [1.29, 1.82) is 0 Å². The second-order valence-electron chi connectivity index (χ2n) is 8.47. The van der Waals surface area contributed by atoms with Crippen molar-refractivity contribution in [3.05, 3.63) is 82.6 Å². The maximum Gasteiger partial charge on any atom is 0.416 e. The summed E-state index contributed by atoms with van der Waals surface area (Å²) >= 11 is 7.43. The molecule has 194 valence electrons. The van der Waals surface area contributed by atoms with E-state index in [0.717, 1.165) is 41.8 Å². The minimum absolute atomic E-state index is 0.0739. The molecule has 0 radical (unpaired) electrons. The predicted molar refractivity (Wildman–Crippen MR) is 139 cm³/mol. The van der Waals surface area contributed by atoms with Crippen LogP contribution in [-0.4, -0.2) is 29.9 Å². The van der Waals surface area contributed by atoms with E-state index in [2.05, 4.69) is 10.3 Å². The fourth-order valence-electron chi connectivity index (χ4n) is 3.84. The van der Waals surface area contributed by atoms with Gasteiger partial charge < -0.3 is 14.5 Å². The third kappa shape index (κ3) is 6.75. The van der Waals surface area contributed by atoms with Gasteiger partial charge in [0.25, 0.3) is 0 Å². The summed E-state index contributed by atoms with van der Waals surface area (Å²) in [5.74, 6) is -0.232. The summed E-state index contributed by atoms with van der Waals surface area (Å²) in [6.45, 7) is 2.59. The fraction of sp³-hybridized carbons (Fsp3) is 0.269. The van der Waals surface area contributed by atoms with Crippen molar-refractivity contribution in [1.82, 2.24) is 10.3 Å². The van der Waals surface area contributed by atoms with Crippen LogP contribution in [0.5, 0.6) is 0 Å². The van der Waals surface area contributed by atoms with E-state index in [1.807, 2.05) is 6.92 Å². The monoisotopic (exact) mass is 548 g/mol. The molecule has 2 amide bonds. The average molecular weight is 549 g/mol. The van der Waals surface area contributed by atoms with E-state index >= 15 is 0 Å². The van der Waals surface area contributed by atoms with Gasteiger partial charge in [0.2, 0.25) is 11.8 Å². The lowest BCUT2D eigenvalue weighted by atomic mass is 10.2. The molecule has 0 bridgehead atoms. The van der Waals surface area contributed by atoms with Crippen molar-refractivity contribution >= 4 is 46.7 Å². The number of alkyl halides is 3. The minimum Gasteiger partial charge on any atom is -0.349 e. The van der Waals surface area contributed by atoms with E-state index in [1.165, 1.54) is 12.1 Å². The SMILES string of the molecule is Cc1c(Cl)cccc1N(CC(=O)NCc1ccc(N2CCCC2=O)cn1)Sc1ccc(C(F)(F)F)cc1. The van der Waals surface area contributed by atoms with E-state index in [9.17, 15) is 22.8 Å². The van der Waals surface area contributed by atoms with Crippen molar-refractivity contribution in [2.24, 2.45) is 0 Å². The molecule has 1 fully saturated rings. The van der Waals surface area contributed by atoms with Crippen LogP contribution >= 0.6 is 23.5 Å². The predicted octanol–water partition coefficient (Wildman–Crippen LogP) is 6.02. The number of benzene rings is 2. The molecule has 1 aliphatic rings. The lowest BCUT2D eigenvalue weighted by molar-refractivity contribution is -0.137. The Balaban J connectivity index is 1.44. The molecule has 0 saturated carbocycles. The summed E-state index contributed by atoms with van der Waals surface area (Å²) in [7, 11) is 0. The summed E-state index contributed by atoms with van der Waals surface area (Å²) in [6.07, 6.45) is -1.45. The van der Waals surface area contributed by atoms with Gasteiger partial charge in [-0.05, 0) is 79.4 Å². The molecule has 1 aliphatic heterocycles. The third-order valence-electron chi connectivity index (χ3n) is 5.85. The Labute approximate surface area is 221 Å². The summed E-state index contributed by atoms with van der Waals surface area (Å²) in [5.41, 5.74) is 2.03. The number of rotatable bonds is 8. The molecule has 1 aromatic heterocycles. The van der Waals surface area contributed by atoms with E-state index in [4.69, 9.17) is 11.6 Å². The highest BCUT2D eigenvalue weighted by molar-refractivity contribution is 8.00. The van der Waals surface area contributed by atoms with Gasteiger partial charge in [0.1, 0.15) is 6.54 Å². The quantitative estimate of drug-likeness (QED) is 0.349. The van der Waals surface area contributed by atoms with E-state index in [-0.39, 0.29) is 24.9 Å². The first kappa shape index (κ1) is 26.8. The van der Waals surface area contributed by atoms with Crippen LogP contribution in [0.25, 0.3) is 0 Å². The van der Waals surface area contributed by atoms with Gasteiger partial charge in [-0.15, -0.1) is 0 Å². The molecule has 11 heteroatoms. The van der Waals surface area contributed by atoms with Crippen LogP contribution in [0.1, 0.15) is 29.7 Å². The number of anilines is 2. The zero-order chi connectivity index (χ0) is 26.6. The molecule has 0 spiro atoms. The standard InChI is InChI=1S/C26H24ClF3N4O2S/c1-17-22(27)4-2-5-23(17)34(37-21-11-7-18(8-12-21)26(28,29)30)16-24(35)32-14-19-9-10-20(15-31-19)33-13-3-6-25(33)36/h2,4-5,7-12,15H,3,6,13-14,16H2,1H3,(H,32,35). The average Bonchev–Trinajstić information content (AvgIpc) is 3.30. The topological polar surface area (TPSA) is 65.5 Å². The normalized spacial score (nSPS) is 13.6. The molecule has 2 heterocycles. The number of halogens is 4. The highest BCUT2D eigenvalue weighted by atomic mass is 35.5. The van der Waals surface area contributed by atoms with Gasteiger partial charge in [-0.2, -0.15) is 13.2 Å². The number of hydrogen-bond donors (Lipinski definition) is 1. The number of carbonyl (C=O) groups excluding carboxylic acids is 2. The van der Waals surface area contributed by atoms with Gasteiger partial charge in [-0.25, -0.2) is 0 Å². The van der Waals surface area contributed by atoms with Gasteiger partial charge in [-0.3, -0.25) is 14.6 Å². The second kappa shape index (κ2) is 11.4. The van der Waals surface area contributed by atoms with Crippen molar-refractivity contribution in [2.45, 2.75) is 37.4 Å². The summed E-state index contributed by atoms with van der Waals surface area (Å²) in [6, 6.07) is 13.6. The number of carbonyl (C=O) groups is 2. The van der Waals surface area contributed by atoms with Gasteiger partial charge in [-0.1, -0.05) is 17.7 Å². The molecule has 2 aromatic carbocycles. The maximum absolute atomic E-state index is 13.0. The Hall–Kier alpha value is -3.24. The first-order chi connectivity index (χ1) is 17.6. The number of nitrogens with zero attached hydrogens (tertiary/aromatic N) is 3. The van der Waals surface area contributed by atoms with Crippen LogP contribution < -0.4 is 14.5 Å². The largest absolute Gasteiger partial charge is 0.416 e. The van der Waals surface area contributed by atoms with Gasteiger partial charge in [0, 0.05) is 22.9 Å². The molecular weight excluding hydrogens is 525 g/mol. The van der Waals surface area contributed by atoms with Crippen LogP contribution in [0, 0.1) is 6.92 Å². The molecule has 37 heavy (non-hydrogen) atoms. The molecule has 0 aliphatic carbocycles. The first-order valence-electron chi connectivity index (χ1n) is 11.5. The minimum atomic E-state index is -4.43. The lowest BCUT2D eigenvalue weighted by Gasteiger charge is -2.25. The van der Waals surface area contributed by atoms with Crippen LogP contribution in [0.2, 0.25) is 5.02 Å². The first-order valence-corrected chi connectivity index (χ1v) is 12.7. The summed E-state index contributed by atoms with van der Waals surface area (Å²) in [4.78, 5) is 31.4. The van der Waals surface area contributed by atoms with E-state index in [0.29, 0.717) is 34.3 Å². The Morgan fingerprint density at radius 2 is 1.92 bits per heavy atom. The van der Waals surface area contributed by atoms with Crippen LogP contribution in [0.15, 0.2) is 65.7 Å². The Morgan fingerprint density at radius 1 is 1.16 bits per heavy atom. The zero-order valence-corrected chi connectivity index (χ0v) is 21.5. The number of nitrogens with one attached hydrogen (secondary N) is 1. The van der Waals surface area contributed by atoms with Crippen LogP contribution in [-0.2, 0) is 22.3 Å². The molecular formula is C26H24ClF3N4O2S. The summed E-state index contributed by atoms with van der Waals surface area (Å²) in [5, 5.41) is 3.34. The number of hydrogen-bond acceptors (Lipinski definition) is 5. The molecule has 1 N–H and O–H groups in total. The molecule has 1 saturated heterocycles. The Morgan fingerprint density at radius 3 is 2.54 bits per heavy atom. The van der Waals surface area contributed by atoms with Crippen molar-refractivity contribution in [3.63, 3.8) is 0 Å². The molecule has 4 rings (SSSR count).